The molecule has 0 atom stereocenters. The van der Waals surface area contributed by atoms with Gasteiger partial charge in [0.25, 0.3) is 0 Å². The second-order valence-corrected chi connectivity index (χ2v) is 7.54. The van der Waals surface area contributed by atoms with Crippen molar-refractivity contribution in [1.29, 1.82) is 0 Å². The van der Waals surface area contributed by atoms with E-state index in [1.807, 2.05) is 45.0 Å². The fourth-order valence-corrected chi connectivity index (χ4v) is 3.58. The molecule has 1 heterocycles. The van der Waals surface area contributed by atoms with Crippen molar-refractivity contribution in [3.63, 3.8) is 0 Å². The fourth-order valence-electron chi connectivity index (χ4n) is 2.44. The third-order valence-corrected chi connectivity index (χ3v) is 4.92. The largest absolute Gasteiger partial charge is 0.429 e. The lowest BCUT2D eigenvalue weighted by Gasteiger charge is -2.11. The highest BCUT2D eigenvalue weighted by Crippen LogP contribution is 2.26. The van der Waals surface area contributed by atoms with Crippen LogP contribution >= 0.6 is 0 Å². The zero-order chi connectivity index (χ0) is 18.0. The number of benzene rings is 2. The Balaban J connectivity index is 2.04. The van der Waals surface area contributed by atoms with Crippen molar-refractivity contribution in [2.45, 2.75) is 26.7 Å². The number of aryl methyl sites for hydroxylation is 1. The van der Waals surface area contributed by atoms with Gasteiger partial charge < -0.3 is 4.18 Å². The molecule has 0 bridgehead atoms. The highest BCUT2D eigenvalue weighted by atomic mass is 32.2. The maximum atomic E-state index is 12.7. The summed E-state index contributed by atoms with van der Waals surface area (Å²) in [6, 6.07) is 18.0. The monoisotopic (exact) mass is 356 g/mol. The maximum Gasteiger partial charge on any atom is 0.429 e. The van der Waals surface area contributed by atoms with Crippen LogP contribution in [-0.4, -0.2) is 17.6 Å². The van der Waals surface area contributed by atoms with Gasteiger partial charge in [-0.2, -0.15) is 13.5 Å². The molecule has 0 saturated carbocycles. The molecule has 5 nitrogen and oxygen atoms in total. The maximum absolute atomic E-state index is 12.7. The molecule has 6 heteroatoms. The molecule has 0 aliphatic heterocycles. The van der Waals surface area contributed by atoms with Gasteiger partial charge in [0.05, 0.1) is 11.4 Å². The second kappa shape index (κ2) is 6.72. The predicted octanol–water partition coefficient (Wildman–Crippen LogP) is 4.15. The molecule has 0 saturated heterocycles. The van der Waals surface area contributed by atoms with Crippen LogP contribution in [-0.2, 0) is 10.3 Å². The molecule has 0 N–H and O–H groups in total. The zero-order valence-corrected chi connectivity index (χ0v) is 15.2. The Morgan fingerprint density at radius 2 is 1.64 bits per heavy atom. The van der Waals surface area contributed by atoms with Crippen molar-refractivity contribution in [1.82, 2.24) is 9.19 Å². The lowest BCUT2D eigenvalue weighted by molar-refractivity contribution is 0.465. The summed E-state index contributed by atoms with van der Waals surface area (Å²) in [4.78, 5) is 0. The van der Waals surface area contributed by atoms with Gasteiger partial charge in [0, 0.05) is 5.56 Å². The third-order valence-electron chi connectivity index (χ3n) is 3.80. The van der Waals surface area contributed by atoms with E-state index in [1.165, 1.54) is 0 Å². The quantitative estimate of drug-likeness (QED) is 0.689. The Labute approximate surface area is 148 Å². The van der Waals surface area contributed by atoms with Crippen LogP contribution in [0.25, 0.3) is 11.3 Å². The molecule has 0 amide bonds. The zero-order valence-electron chi connectivity index (χ0n) is 14.4. The second-order valence-electron chi connectivity index (χ2n) is 6.17. The van der Waals surface area contributed by atoms with Gasteiger partial charge in [0.2, 0.25) is 0 Å². The third kappa shape index (κ3) is 3.74. The molecule has 0 radical (unpaired) electrons. The van der Waals surface area contributed by atoms with Crippen LogP contribution in [0.3, 0.4) is 0 Å². The van der Waals surface area contributed by atoms with Crippen LogP contribution in [0.4, 0.5) is 0 Å². The molecule has 3 aromatic rings. The fraction of sp³-hybridized carbons (Fsp3) is 0.211. The first kappa shape index (κ1) is 17.2. The lowest BCUT2D eigenvalue weighted by atomic mass is 10.1. The van der Waals surface area contributed by atoms with Gasteiger partial charge >= 0.3 is 10.3 Å². The van der Waals surface area contributed by atoms with E-state index in [4.69, 9.17) is 4.18 Å². The van der Waals surface area contributed by atoms with Crippen molar-refractivity contribution < 1.29 is 12.6 Å². The molecule has 0 spiro atoms. The van der Waals surface area contributed by atoms with Crippen LogP contribution in [0, 0.1) is 6.92 Å². The van der Waals surface area contributed by atoms with Gasteiger partial charge in [-0.3, -0.25) is 0 Å². The van der Waals surface area contributed by atoms with E-state index in [0.29, 0.717) is 11.4 Å². The minimum Gasteiger partial charge on any atom is -0.366 e. The van der Waals surface area contributed by atoms with Crippen molar-refractivity contribution in [2.75, 3.05) is 0 Å². The Morgan fingerprint density at radius 3 is 2.24 bits per heavy atom. The van der Waals surface area contributed by atoms with Gasteiger partial charge in [-0.15, -0.1) is 4.09 Å². The summed E-state index contributed by atoms with van der Waals surface area (Å²) in [5.41, 5.74) is 3.17. The first-order chi connectivity index (χ1) is 11.9. The average Bonchev–Trinajstić information content (AvgIpc) is 3.03. The molecule has 1 aromatic heterocycles. The van der Waals surface area contributed by atoms with Crippen molar-refractivity contribution in [3.05, 3.63) is 71.9 Å². The molecule has 0 fully saturated rings. The molecule has 3 rings (SSSR count). The van der Waals surface area contributed by atoms with Crippen LogP contribution in [0.5, 0.6) is 5.75 Å². The average molecular weight is 356 g/mol. The van der Waals surface area contributed by atoms with E-state index in [9.17, 15) is 8.42 Å². The summed E-state index contributed by atoms with van der Waals surface area (Å²) in [7, 11) is -4.08. The lowest BCUT2D eigenvalue weighted by Crippen LogP contribution is -2.23. The van der Waals surface area contributed by atoms with Gasteiger partial charge in [-0.25, -0.2) is 0 Å². The minimum absolute atomic E-state index is 0.0270. The smallest absolute Gasteiger partial charge is 0.366 e. The van der Waals surface area contributed by atoms with Gasteiger partial charge in [-0.1, -0.05) is 61.9 Å². The van der Waals surface area contributed by atoms with Crippen molar-refractivity contribution in [3.8, 4) is 17.0 Å². The Hall–Kier alpha value is -2.60. The van der Waals surface area contributed by atoms with Gasteiger partial charge in [0.15, 0.2) is 0 Å². The highest BCUT2D eigenvalue weighted by molar-refractivity contribution is 7.85. The number of nitrogens with zero attached hydrogens (tertiary/aromatic N) is 2. The van der Waals surface area contributed by atoms with Crippen LogP contribution in [0.2, 0.25) is 0 Å². The molecule has 25 heavy (non-hydrogen) atoms. The molecule has 0 aliphatic carbocycles. The topological polar surface area (TPSA) is 61.2 Å². The van der Waals surface area contributed by atoms with E-state index >= 15 is 0 Å². The van der Waals surface area contributed by atoms with Gasteiger partial charge in [0.1, 0.15) is 5.75 Å². The first-order valence-corrected chi connectivity index (χ1v) is 9.40. The Bertz CT molecular complexity index is 960. The number of aromatic nitrogens is 2. The summed E-state index contributed by atoms with van der Waals surface area (Å²) in [6.07, 6.45) is 0. The predicted molar refractivity (Wildman–Crippen MR) is 97.9 cm³/mol. The molecule has 0 unspecified atom stereocenters. The summed E-state index contributed by atoms with van der Waals surface area (Å²) in [5.74, 6) is 0.227. The SMILES string of the molecule is Cc1ccc(-c2cc(C(C)C)n(S(=O)(=O)Oc3ccccc3)n2)cc1. The molecular weight excluding hydrogens is 336 g/mol. The van der Waals surface area contributed by atoms with E-state index in [2.05, 4.69) is 5.10 Å². The molecule has 0 aliphatic rings. The van der Waals surface area contributed by atoms with Crippen molar-refractivity contribution in [2.24, 2.45) is 0 Å². The molecular formula is C19H20N2O3S. The van der Waals surface area contributed by atoms with E-state index in [-0.39, 0.29) is 11.7 Å². The van der Waals surface area contributed by atoms with E-state index in [1.54, 1.807) is 36.4 Å². The number of para-hydroxylation sites is 1. The summed E-state index contributed by atoms with van der Waals surface area (Å²) in [6.45, 7) is 5.84. The van der Waals surface area contributed by atoms with Crippen LogP contribution < -0.4 is 4.18 Å². The van der Waals surface area contributed by atoms with Crippen LogP contribution in [0.15, 0.2) is 60.7 Å². The first-order valence-electron chi connectivity index (χ1n) is 8.04. The van der Waals surface area contributed by atoms with E-state index < -0.39 is 10.3 Å². The number of hydrogen-bond donors (Lipinski definition) is 0. The summed E-state index contributed by atoms with van der Waals surface area (Å²) in [5, 5.41) is 4.30. The molecule has 130 valence electrons. The molecule has 2 aromatic carbocycles. The normalized spacial score (nSPS) is 11.7. The van der Waals surface area contributed by atoms with Crippen LogP contribution in [0.1, 0.15) is 31.0 Å². The number of rotatable bonds is 5. The summed E-state index contributed by atoms with van der Waals surface area (Å²) < 4.78 is 31.6. The minimum atomic E-state index is -4.08. The van der Waals surface area contributed by atoms with Gasteiger partial charge in [-0.05, 0) is 31.0 Å². The Morgan fingerprint density at radius 1 is 1.00 bits per heavy atom. The summed E-state index contributed by atoms with van der Waals surface area (Å²) >= 11 is 0. The van der Waals surface area contributed by atoms with E-state index in [0.717, 1.165) is 15.2 Å². The highest BCUT2D eigenvalue weighted by Gasteiger charge is 2.24. The standard InChI is InChI=1S/C19H20N2O3S/c1-14(2)19-13-18(16-11-9-15(3)10-12-16)20-21(19)25(22,23)24-17-7-5-4-6-8-17/h4-14H,1-3H3. The Kier molecular flexibility index (Phi) is 4.63. The van der Waals surface area contributed by atoms with Crippen molar-refractivity contribution >= 4 is 10.3 Å². The number of hydrogen-bond acceptors (Lipinski definition) is 4.